The average Bonchev–Trinajstić information content (AvgIpc) is 2.76. The van der Waals surface area contributed by atoms with E-state index in [1.807, 2.05) is 6.07 Å². The Kier molecular flexibility index (Phi) is 5.10. The first kappa shape index (κ1) is 13.5. The Morgan fingerprint density at radius 3 is 3.00 bits per heavy atom. The second-order valence-electron chi connectivity index (χ2n) is 4.13. The van der Waals surface area contributed by atoms with Crippen LogP contribution in [-0.2, 0) is 0 Å². The van der Waals surface area contributed by atoms with Gasteiger partial charge in [-0.25, -0.2) is 4.98 Å². The van der Waals surface area contributed by atoms with Crippen molar-refractivity contribution in [2.75, 3.05) is 0 Å². The van der Waals surface area contributed by atoms with Crippen molar-refractivity contribution in [3.05, 3.63) is 24.3 Å². The van der Waals surface area contributed by atoms with Crippen LogP contribution in [0.25, 0.3) is 10.2 Å². The van der Waals surface area contributed by atoms with E-state index in [-0.39, 0.29) is 0 Å². The zero-order valence-corrected chi connectivity index (χ0v) is 12.4. The maximum absolute atomic E-state index is 4.61. The number of benzene rings is 1. The summed E-state index contributed by atoms with van der Waals surface area (Å²) in [5, 5.41) is 0.322. The van der Waals surface area contributed by atoms with Crippen LogP contribution >= 0.6 is 23.1 Å². The zero-order valence-electron chi connectivity index (χ0n) is 10.8. The molecular formula is C15H17NS2. The fraction of sp³-hybridized carbons (Fsp3) is 0.400. The van der Waals surface area contributed by atoms with Crippen LogP contribution in [0.15, 0.2) is 28.6 Å². The lowest BCUT2D eigenvalue weighted by Gasteiger charge is -1.98. The molecule has 1 unspecified atom stereocenters. The highest BCUT2D eigenvalue weighted by Gasteiger charge is 2.06. The van der Waals surface area contributed by atoms with E-state index in [1.165, 1.54) is 17.5 Å². The number of thiazole rings is 1. The molecule has 0 fully saturated rings. The Morgan fingerprint density at radius 1 is 1.39 bits per heavy atom. The zero-order chi connectivity index (χ0) is 12.8. The van der Waals surface area contributed by atoms with Crippen molar-refractivity contribution in [3.63, 3.8) is 0 Å². The van der Waals surface area contributed by atoms with E-state index >= 15 is 0 Å². The van der Waals surface area contributed by atoms with Gasteiger partial charge in [0.15, 0.2) is 4.34 Å². The molecule has 0 amide bonds. The van der Waals surface area contributed by atoms with Crippen molar-refractivity contribution in [1.82, 2.24) is 4.98 Å². The van der Waals surface area contributed by atoms with Crippen molar-refractivity contribution >= 4 is 33.3 Å². The second kappa shape index (κ2) is 6.82. The lowest BCUT2D eigenvalue weighted by Crippen LogP contribution is -1.89. The molecule has 1 aromatic heterocycles. The van der Waals surface area contributed by atoms with Gasteiger partial charge in [0.1, 0.15) is 0 Å². The van der Waals surface area contributed by atoms with Gasteiger partial charge in [-0.2, -0.15) is 0 Å². The normalized spacial score (nSPS) is 12.1. The van der Waals surface area contributed by atoms with Gasteiger partial charge >= 0.3 is 0 Å². The molecule has 1 aromatic carbocycles. The van der Waals surface area contributed by atoms with Crippen molar-refractivity contribution in [2.45, 2.75) is 42.7 Å². The molecule has 2 aromatic rings. The van der Waals surface area contributed by atoms with E-state index in [2.05, 4.69) is 48.9 Å². The maximum atomic E-state index is 4.61. The van der Waals surface area contributed by atoms with Crippen LogP contribution in [0.4, 0.5) is 0 Å². The van der Waals surface area contributed by atoms with E-state index in [4.69, 9.17) is 0 Å². The molecule has 0 spiro atoms. The Labute approximate surface area is 117 Å². The number of aromatic nitrogens is 1. The number of nitrogens with zero attached hydrogens (tertiary/aromatic N) is 1. The smallest absolute Gasteiger partial charge is 0.152 e. The molecule has 18 heavy (non-hydrogen) atoms. The Morgan fingerprint density at radius 2 is 2.22 bits per heavy atom. The third-order valence-electron chi connectivity index (χ3n) is 2.51. The molecule has 94 valence electrons. The van der Waals surface area contributed by atoms with Crippen LogP contribution in [0.1, 0.15) is 33.1 Å². The number of unbranched alkanes of at least 4 members (excludes halogenated alkanes) is 2. The van der Waals surface area contributed by atoms with Gasteiger partial charge in [0.05, 0.1) is 15.5 Å². The van der Waals surface area contributed by atoms with E-state index < -0.39 is 0 Å². The summed E-state index contributed by atoms with van der Waals surface area (Å²) in [6, 6.07) is 8.27. The van der Waals surface area contributed by atoms with Crippen molar-refractivity contribution in [1.29, 1.82) is 0 Å². The molecule has 0 aliphatic rings. The minimum absolute atomic E-state index is 0.322. The summed E-state index contributed by atoms with van der Waals surface area (Å²) in [6.45, 7) is 4.34. The summed E-state index contributed by atoms with van der Waals surface area (Å²) in [4.78, 5) is 4.61. The van der Waals surface area contributed by atoms with E-state index in [0.29, 0.717) is 5.25 Å². The Hall–Kier alpha value is -0.980. The maximum Gasteiger partial charge on any atom is 0.152 e. The summed E-state index contributed by atoms with van der Waals surface area (Å²) in [5.74, 6) is 6.54. The van der Waals surface area contributed by atoms with E-state index in [1.54, 1.807) is 23.1 Å². The summed E-state index contributed by atoms with van der Waals surface area (Å²) >= 11 is 3.51. The van der Waals surface area contributed by atoms with Gasteiger partial charge in [0.2, 0.25) is 0 Å². The quantitative estimate of drug-likeness (QED) is 0.444. The number of para-hydroxylation sites is 1. The Balaban J connectivity index is 1.97. The highest BCUT2D eigenvalue weighted by Crippen LogP contribution is 2.31. The number of rotatable bonds is 4. The molecule has 0 radical (unpaired) electrons. The molecule has 0 bridgehead atoms. The minimum Gasteiger partial charge on any atom is -0.230 e. The summed E-state index contributed by atoms with van der Waals surface area (Å²) in [6.07, 6.45) is 3.43. The second-order valence-corrected chi connectivity index (χ2v) is 6.75. The minimum atomic E-state index is 0.322. The van der Waals surface area contributed by atoms with Gasteiger partial charge in [-0.05, 0) is 25.5 Å². The van der Waals surface area contributed by atoms with Gasteiger partial charge < -0.3 is 0 Å². The number of fused-ring (bicyclic) bond motifs is 1. The molecule has 3 heteroatoms. The van der Waals surface area contributed by atoms with Crippen molar-refractivity contribution in [2.24, 2.45) is 0 Å². The van der Waals surface area contributed by atoms with Gasteiger partial charge in [-0.3, -0.25) is 0 Å². The topological polar surface area (TPSA) is 12.9 Å². The first-order chi connectivity index (χ1) is 8.79. The van der Waals surface area contributed by atoms with Crippen LogP contribution in [0, 0.1) is 11.8 Å². The van der Waals surface area contributed by atoms with E-state index in [0.717, 1.165) is 16.3 Å². The third-order valence-corrected chi connectivity index (χ3v) is 4.65. The van der Waals surface area contributed by atoms with E-state index in [9.17, 15) is 0 Å². The predicted molar refractivity (Wildman–Crippen MR) is 82.2 cm³/mol. The molecule has 0 saturated heterocycles. The first-order valence-corrected chi connectivity index (χ1v) is 8.00. The van der Waals surface area contributed by atoms with Gasteiger partial charge in [-0.15, -0.1) is 17.3 Å². The molecule has 0 aliphatic carbocycles. The van der Waals surface area contributed by atoms with Crippen molar-refractivity contribution < 1.29 is 0 Å². The molecular weight excluding hydrogens is 258 g/mol. The number of thioether (sulfide) groups is 1. The molecule has 2 rings (SSSR count). The molecule has 1 atom stereocenters. The predicted octanol–water partition coefficient (Wildman–Crippen LogP) is 4.97. The highest BCUT2D eigenvalue weighted by molar-refractivity contribution is 8.01. The Bertz CT molecular complexity index is 529. The fourth-order valence-corrected chi connectivity index (χ4v) is 3.75. The fourth-order valence-electron chi connectivity index (χ4n) is 1.56. The summed E-state index contributed by atoms with van der Waals surface area (Å²) in [7, 11) is 0. The summed E-state index contributed by atoms with van der Waals surface area (Å²) < 4.78 is 2.37. The standard InChI is InChI=1S/C15H17NS2/c1-3-4-5-6-9-12(2)17-15-16-13-10-7-8-11-14(13)18-15/h7-8,10-12H,3-5H2,1-2H3. The van der Waals surface area contributed by atoms with Crippen LogP contribution in [0.2, 0.25) is 0 Å². The average molecular weight is 275 g/mol. The van der Waals surface area contributed by atoms with Gasteiger partial charge in [-0.1, -0.05) is 43.2 Å². The molecule has 1 heterocycles. The van der Waals surface area contributed by atoms with Gasteiger partial charge in [0, 0.05) is 6.42 Å². The molecule has 0 aliphatic heterocycles. The number of hydrogen-bond donors (Lipinski definition) is 0. The first-order valence-electron chi connectivity index (χ1n) is 6.30. The van der Waals surface area contributed by atoms with Gasteiger partial charge in [0.25, 0.3) is 0 Å². The molecule has 0 N–H and O–H groups in total. The lowest BCUT2D eigenvalue weighted by atomic mass is 10.2. The largest absolute Gasteiger partial charge is 0.230 e. The van der Waals surface area contributed by atoms with Crippen LogP contribution in [0.5, 0.6) is 0 Å². The lowest BCUT2D eigenvalue weighted by molar-refractivity contribution is 0.827. The number of hydrogen-bond acceptors (Lipinski definition) is 3. The summed E-state index contributed by atoms with van der Waals surface area (Å²) in [5.41, 5.74) is 1.09. The molecule has 1 nitrogen and oxygen atoms in total. The molecule has 0 saturated carbocycles. The monoisotopic (exact) mass is 275 g/mol. The highest BCUT2D eigenvalue weighted by atomic mass is 32.2. The van der Waals surface area contributed by atoms with Crippen molar-refractivity contribution in [3.8, 4) is 11.8 Å². The SMILES string of the molecule is CCCCC#CC(C)Sc1nc2ccccc2s1. The van der Waals surface area contributed by atoms with Crippen LogP contribution in [-0.4, -0.2) is 10.2 Å². The van der Waals surface area contributed by atoms with Crippen LogP contribution in [0.3, 0.4) is 0 Å². The third kappa shape index (κ3) is 3.76. The van der Waals surface area contributed by atoms with Crippen LogP contribution < -0.4 is 0 Å².